The van der Waals surface area contributed by atoms with Gasteiger partial charge in [-0.05, 0) is 37.5 Å². The van der Waals surface area contributed by atoms with Crippen molar-refractivity contribution >= 4 is 22.8 Å². The molecule has 3 atom stereocenters. The van der Waals surface area contributed by atoms with E-state index in [0.717, 1.165) is 42.7 Å². The molecule has 1 aliphatic carbocycles. The Balaban J connectivity index is 1.45. The predicted molar refractivity (Wildman–Crippen MR) is 110 cm³/mol. The highest BCUT2D eigenvalue weighted by atomic mass is 16.3. The zero-order chi connectivity index (χ0) is 20.5. The van der Waals surface area contributed by atoms with Crippen LogP contribution in [0, 0.1) is 0 Å². The lowest BCUT2D eigenvalue weighted by Gasteiger charge is -2.42. The van der Waals surface area contributed by atoms with Crippen molar-refractivity contribution < 1.29 is 14.7 Å². The molecule has 1 aromatic heterocycles. The first-order valence-corrected chi connectivity index (χ1v) is 10.4. The average molecular weight is 399 g/mol. The molecule has 8 nitrogen and oxygen atoms in total. The number of aliphatic hydroxyl groups is 1. The van der Waals surface area contributed by atoms with Gasteiger partial charge in [-0.25, -0.2) is 4.98 Å². The van der Waals surface area contributed by atoms with Crippen LogP contribution in [0.2, 0.25) is 0 Å². The second-order valence-corrected chi connectivity index (χ2v) is 8.40. The number of carbonyl (C=O) groups excluding carboxylic acids is 2. The van der Waals surface area contributed by atoms with Gasteiger partial charge in [0.2, 0.25) is 5.91 Å². The summed E-state index contributed by atoms with van der Waals surface area (Å²) in [4.78, 5) is 34.4. The second kappa shape index (κ2) is 8.12. The molecule has 1 aliphatic heterocycles. The number of amides is 2. The predicted octanol–water partition coefficient (Wildman–Crippen LogP) is 1.13. The highest BCUT2D eigenvalue weighted by molar-refractivity contribution is 5.97. The number of fused-ring (bicyclic) bond motifs is 1. The topological polar surface area (TPSA) is 110 Å². The Morgan fingerprint density at radius 1 is 1.34 bits per heavy atom. The Hall–Kier alpha value is -2.45. The van der Waals surface area contributed by atoms with Crippen molar-refractivity contribution in [3.8, 4) is 0 Å². The number of aliphatic hydroxyl groups excluding tert-OH is 1. The van der Waals surface area contributed by atoms with E-state index in [1.165, 1.54) is 0 Å². The van der Waals surface area contributed by atoms with E-state index in [0.29, 0.717) is 18.7 Å². The molecule has 1 aromatic carbocycles. The third kappa shape index (κ3) is 4.13. The van der Waals surface area contributed by atoms with Crippen LogP contribution in [0.4, 0.5) is 0 Å². The minimum Gasteiger partial charge on any atom is -0.389 e. The van der Waals surface area contributed by atoms with Gasteiger partial charge in [0.25, 0.3) is 5.91 Å². The van der Waals surface area contributed by atoms with Gasteiger partial charge in [0.1, 0.15) is 5.82 Å². The number of hydrogen-bond donors (Lipinski definition) is 4. The normalized spacial score (nSPS) is 25.9. The number of hydrogen-bond acceptors (Lipinski definition) is 5. The Morgan fingerprint density at radius 2 is 2.17 bits per heavy atom. The maximum absolute atomic E-state index is 12.8. The van der Waals surface area contributed by atoms with Crippen LogP contribution < -0.4 is 10.6 Å². The van der Waals surface area contributed by atoms with Crippen LogP contribution >= 0.6 is 0 Å². The maximum Gasteiger partial charge on any atom is 0.251 e. The molecule has 156 valence electrons. The van der Waals surface area contributed by atoms with Crippen LogP contribution in [0.5, 0.6) is 0 Å². The highest BCUT2D eigenvalue weighted by Gasteiger charge is 2.37. The smallest absolute Gasteiger partial charge is 0.251 e. The van der Waals surface area contributed by atoms with Gasteiger partial charge >= 0.3 is 0 Å². The first-order valence-electron chi connectivity index (χ1n) is 10.4. The van der Waals surface area contributed by atoms with Crippen LogP contribution in [0.15, 0.2) is 18.2 Å². The molecule has 8 heteroatoms. The largest absolute Gasteiger partial charge is 0.389 e. The summed E-state index contributed by atoms with van der Waals surface area (Å²) in [5, 5.41) is 16.7. The molecule has 0 unspecified atom stereocenters. The van der Waals surface area contributed by atoms with Crippen molar-refractivity contribution in [1.29, 1.82) is 0 Å². The van der Waals surface area contributed by atoms with Crippen LogP contribution in [-0.4, -0.2) is 69.6 Å². The van der Waals surface area contributed by atoms with E-state index in [9.17, 15) is 14.7 Å². The Labute approximate surface area is 170 Å². The number of nitrogens with one attached hydrogen (secondary N) is 3. The molecule has 1 saturated carbocycles. The average Bonchev–Trinajstić information content (AvgIpc) is 3.13. The number of aromatic nitrogens is 2. The summed E-state index contributed by atoms with van der Waals surface area (Å²) in [5.41, 5.74) is 2.22. The molecule has 2 heterocycles. The molecule has 0 spiro atoms. The molecule has 2 aromatic rings. The van der Waals surface area contributed by atoms with Crippen molar-refractivity contribution in [2.45, 2.75) is 57.2 Å². The fraction of sp³-hybridized carbons (Fsp3) is 0.571. The van der Waals surface area contributed by atoms with Gasteiger partial charge in [0.05, 0.1) is 29.7 Å². The quantitative estimate of drug-likeness (QED) is 0.616. The second-order valence-electron chi connectivity index (χ2n) is 8.40. The summed E-state index contributed by atoms with van der Waals surface area (Å²) in [6, 6.07) is 4.99. The van der Waals surface area contributed by atoms with Crippen molar-refractivity contribution in [2.75, 3.05) is 19.6 Å². The monoisotopic (exact) mass is 399 g/mol. The van der Waals surface area contributed by atoms with Gasteiger partial charge in [0.15, 0.2) is 0 Å². The third-order valence-corrected chi connectivity index (χ3v) is 5.98. The minimum atomic E-state index is -0.693. The van der Waals surface area contributed by atoms with E-state index < -0.39 is 6.10 Å². The molecule has 29 heavy (non-hydrogen) atoms. The summed E-state index contributed by atoms with van der Waals surface area (Å²) in [5.74, 6) is 0.969. The molecule has 2 aliphatic rings. The van der Waals surface area contributed by atoms with Crippen molar-refractivity contribution in [1.82, 2.24) is 25.5 Å². The van der Waals surface area contributed by atoms with Gasteiger partial charge in [-0.15, -0.1) is 0 Å². The number of carbonyl (C=O) groups is 2. The molecule has 2 amide bonds. The number of aromatic amines is 1. The number of H-pyrrole nitrogens is 1. The van der Waals surface area contributed by atoms with Crippen molar-refractivity contribution in [3.63, 3.8) is 0 Å². The minimum absolute atomic E-state index is 0.0109. The fourth-order valence-electron chi connectivity index (χ4n) is 4.35. The van der Waals surface area contributed by atoms with Crippen molar-refractivity contribution in [3.05, 3.63) is 29.6 Å². The number of benzene rings is 1. The van der Waals surface area contributed by atoms with E-state index in [1.54, 1.807) is 6.07 Å². The highest BCUT2D eigenvalue weighted by Crippen LogP contribution is 2.25. The third-order valence-electron chi connectivity index (χ3n) is 5.98. The van der Waals surface area contributed by atoms with Gasteiger partial charge in [0, 0.05) is 30.6 Å². The molecule has 0 bridgehead atoms. The summed E-state index contributed by atoms with van der Waals surface area (Å²) in [6.07, 6.45) is 1.77. The summed E-state index contributed by atoms with van der Waals surface area (Å²) < 4.78 is 0. The van der Waals surface area contributed by atoms with Crippen LogP contribution in [-0.2, 0) is 4.79 Å². The molecule has 4 N–H and O–H groups in total. The maximum atomic E-state index is 12.8. The lowest BCUT2D eigenvalue weighted by atomic mass is 9.86. The lowest BCUT2D eigenvalue weighted by molar-refractivity contribution is -0.126. The zero-order valence-electron chi connectivity index (χ0n) is 16.9. The van der Waals surface area contributed by atoms with Gasteiger partial charge in [-0.2, -0.15) is 0 Å². The van der Waals surface area contributed by atoms with Gasteiger partial charge in [-0.3, -0.25) is 14.5 Å². The molecule has 1 saturated heterocycles. The van der Waals surface area contributed by atoms with E-state index in [2.05, 4.69) is 34.4 Å². The molecular weight excluding hydrogens is 370 g/mol. The lowest BCUT2D eigenvalue weighted by Crippen LogP contribution is -2.60. The van der Waals surface area contributed by atoms with E-state index in [4.69, 9.17) is 0 Å². The number of nitrogens with zero attached hydrogens (tertiary/aromatic N) is 2. The summed E-state index contributed by atoms with van der Waals surface area (Å²) >= 11 is 0. The van der Waals surface area contributed by atoms with Gasteiger partial charge in [-0.1, -0.05) is 13.8 Å². The van der Waals surface area contributed by atoms with Gasteiger partial charge < -0.3 is 20.7 Å². The summed E-state index contributed by atoms with van der Waals surface area (Å²) in [7, 11) is 0. The Kier molecular flexibility index (Phi) is 5.56. The zero-order valence-corrected chi connectivity index (χ0v) is 16.9. The SMILES string of the molecule is CC(C)c1nc2ccc(C(=O)N[C@@H]3CCC[C@@H](N4CCNC(=O)C4)[C@@H]3O)cc2[nH]1. The molecule has 0 radical (unpaired) electrons. The first-order chi connectivity index (χ1) is 13.9. The Bertz CT molecular complexity index is 909. The number of piperazine rings is 1. The van der Waals surface area contributed by atoms with Crippen LogP contribution in [0.25, 0.3) is 11.0 Å². The fourth-order valence-corrected chi connectivity index (χ4v) is 4.35. The standard InChI is InChI=1S/C21H29N5O3/c1-12(2)20-23-14-7-6-13(10-16(14)24-20)21(29)25-15-4-3-5-17(19(15)28)26-9-8-22-18(27)11-26/h6-7,10,12,15,17,19,28H,3-5,8-9,11H2,1-2H3,(H,22,27)(H,23,24)(H,25,29)/t15-,17-,19-/m1/s1. The van der Waals surface area contributed by atoms with E-state index in [1.807, 2.05) is 17.0 Å². The number of rotatable bonds is 4. The molecular formula is C21H29N5O3. The number of imidazole rings is 1. The summed E-state index contributed by atoms with van der Waals surface area (Å²) in [6.45, 7) is 5.76. The van der Waals surface area contributed by atoms with Crippen LogP contribution in [0.1, 0.15) is 55.2 Å². The van der Waals surface area contributed by atoms with E-state index >= 15 is 0 Å². The molecule has 2 fully saturated rings. The van der Waals surface area contributed by atoms with Crippen molar-refractivity contribution in [2.24, 2.45) is 0 Å². The molecule has 4 rings (SSSR count). The Morgan fingerprint density at radius 3 is 2.93 bits per heavy atom. The first kappa shape index (κ1) is 19.8. The van der Waals surface area contributed by atoms with Crippen LogP contribution in [0.3, 0.4) is 0 Å². The van der Waals surface area contributed by atoms with E-state index in [-0.39, 0.29) is 29.8 Å².